The van der Waals surface area contributed by atoms with Gasteiger partial charge in [-0.25, -0.2) is 0 Å². The van der Waals surface area contributed by atoms with Crippen LogP contribution in [0.5, 0.6) is 17.2 Å². The first-order chi connectivity index (χ1) is 16.6. The summed E-state index contributed by atoms with van der Waals surface area (Å²) in [6, 6.07) is 20.3. The van der Waals surface area contributed by atoms with Gasteiger partial charge in [-0.2, -0.15) is 0 Å². The third-order valence-electron chi connectivity index (χ3n) is 5.78. The first kappa shape index (κ1) is 21.6. The minimum absolute atomic E-state index is 0.00897. The van der Waals surface area contributed by atoms with Gasteiger partial charge in [0.2, 0.25) is 0 Å². The molecule has 2 heterocycles. The Morgan fingerprint density at radius 2 is 1.74 bits per heavy atom. The third kappa shape index (κ3) is 3.75. The molecule has 3 aromatic rings. The molecule has 1 N–H and O–H groups in total. The molecule has 1 amide bonds. The van der Waals surface area contributed by atoms with Gasteiger partial charge in [-0.1, -0.05) is 36.4 Å². The van der Waals surface area contributed by atoms with Crippen molar-refractivity contribution in [2.45, 2.75) is 13.0 Å². The lowest BCUT2D eigenvalue weighted by atomic mass is 9.95. The van der Waals surface area contributed by atoms with E-state index in [-0.39, 0.29) is 11.3 Å². The predicted molar refractivity (Wildman–Crippen MR) is 126 cm³/mol. The Bertz CT molecular complexity index is 1280. The number of aliphatic hydroxyl groups excluding tert-OH is 1. The smallest absolute Gasteiger partial charge is 0.300 e. The summed E-state index contributed by atoms with van der Waals surface area (Å²) in [7, 11) is 0. The number of ether oxygens (including phenoxy) is 3. The number of carbonyl (C=O) groups excluding carboxylic acids is 2. The fourth-order valence-corrected chi connectivity index (χ4v) is 4.29. The molecular formula is C27H23NO6. The van der Waals surface area contributed by atoms with Crippen molar-refractivity contribution in [3.8, 4) is 17.2 Å². The van der Waals surface area contributed by atoms with Crippen LogP contribution in [0, 0.1) is 0 Å². The quantitative estimate of drug-likeness (QED) is 0.345. The highest BCUT2D eigenvalue weighted by Crippen LogP contribution is 2.43. The topological polar surface area (TPSA) is 85.3 Å². The van der Waals surface area contributed by atoms with E-state index in [1.807, 2.05) is 37.3 Å². The van der Waals surface area contributed by atoms with Crippen molar-refractivity contribution in [3.05, 3.63) is 89.5 Å². The van der Waals surface area contributed by atoms with Gasteiger partial charge in [-0.3, -0.25) is 14.5 Å². The number of carbonyl (C=O) groups is 2. The largest absolute Gasteiger partial charge is 0.507 e. The molecule has 172 valence electrons. The van der Waals surface area contributed by atoms with Crippen molar-refractivity contribution in [1.29, 1.82) is 0 Å². The highest BCUT2D eigenvalue weighted by atomic mass is 16.6. The second-order valence-electron chi connectivity index (χ2n) is 7.87. The number of ketones is 1. The summed E-state index contributed by atoms with van der Waals surface area (Å²) in [4.78, 5) is 28.0. The number of benzene rings is 3. The predicted octanol–water partition coefficient (Wildman–Crippen LogP) is 4.48. The molecule has 0 bridgehead atoms. The van der Waals surface area contributed by atoms with E-state index in [9.17, 15) is 14.7 Å². The van der Waals surface area contributed by atoms with Crippen LogP contribution in [-0.2, 0) is 9.59 Å². The van der Waals surface area contributed by atoms with Crippen LogP contribution in [0.3, 0.4) is 0 Å². The average molecular weight is 457 g/mol. The average Bonchev–Trinajstić information content (AvgIpc) is 3.14. The fourth-order valence-electron chi connectivity index (χ4n) is 4.29. The molecular weight excluding hydrogens is 434 g/mol. The first-order valence-electron chi connectivity index (χ1n) is 11.1. The fraction of sp³-hybridized carbons (Fsp3) is 0.185. The Hall–Kier alpha value is -4.26. The van der Waals surface area contributed by atoms with E-state index in [0.717, 1.165) is 0 Å². The van der Waals surface area contributed by atoms with Gasteiger partial charge in [0.1, 0.15) is 24.7 Å². The molecule has 5 rings (SSSR count). The minimum Gasteiger partial charge on any atom is -0.507 e. The third-order valence-corrected chi connectivity index (χ3v) is 5.78. The van der Waals surface area contributed by atoms with Crippen molar-refractivity contribution >= 4 is 23.1 Å². The molecule has 3 aromatic carbocycles. The van der Waals surface area contributed by atoms with E-state index in [1.165, 1.54) is 4.90 Å². The Kier molecular flexibility index (Phi) is 5.67. The van der Waals surface area contributed by atoms with Crippen molar-refractivity contribution in [3.63, 3.8) is 0 Å². The maximum atomic E-state index is 13.3. The molecule has 0 spiro atoms. The number of rotatable bonds is 5. The SMILES string of the molecule is CCOc1cccc(N2C(=O)C(=O)/C(=C(\O)c3ccc4c(c3)OCCO4)C2c2ccccc2)c1. The van der Waals surface area contributed by atoms with E-state index in [0.29, 0.717) is 53.9 Å². The highest BCUT2D eigenvalue weighted by Gasteiger charge is 2.47. The van der Waals surface area contributed by atoms with Gasteiger partial charge in [0, 0.05) is 17.3 Å². The molecule has 1 saturated heterocycles. The van der Waals surface area contributed by atoms with Crippen LogP contribution in [0.2, 0.25) is 0 Å². The molecule has 2 aliphatic rings. The van der Waals surface area contributed by atoms with E-state index < -0.39 is 17.7 Å². The van der Waals surface area contributed by atoms with Crippen LogP contribution in [-0.4, -0.2) is 36.6 Å². The number of hydrogen-bond acceptors (Lipinski definition) is 6. The monoisotopic (exact) mass is 457 g/mol. The molecule has 7 nitrogen and oxygen atoms in total. The van der Waals surface area contributed by atoms with Crippen LogP contribution in [0.25, 0.3) is 5.76 Å². The molecule has 0 saturated carbocycles. The zero-order chi connectivity index (χ0) is 23.7. The van der Waals surface area contributed by atoms with Crippen molar-refractivity contribution in [1.82, 2.24) is 0 Å². The van der Waals surface area contributed by atoms with Gasteiger partial charge < -0.3 is 19.3 Å². The van der Waals surface area contributed by atoms with Gasteiger partial charge in [0.15, 0.2) is 11.5 Å². The molecule has 0 aromatic heterocycles. The maximum absolute atomic E-state index is 13.3. The van der Waals surface area contributed by atoms with Crippen LogP contribution in [0.1, 0.15) is 24.1 Å². The number of nitrogens with zero attached hydrogens (tertiary/aromatic N) is 1. The lowest BCUT2D eigenvalue weighted by Crippen LogP contribution is -2.29. The van der Waals surface area contributed by atoms with Crippen LogP contribution < -0.4 is 19.1 Å². The van der Waals surface area contributed by atoms with Crippen LogP contribution >= 0.6 is 0 Å². The highest BCUT2D eigenvalue weighted by molar-refractivity contribution is 6.51. The standard InChI is InChI=1S/C27H23NO6/c1-2-32-20-10-6-9-19(16-20)28-24(17-7-4-3-5-8-17)23(26(30)27(28)31)25(29)18-11-12-21-22(15-18)34-14-13-33-21/h3-12,15-16,24,29H,2,13-14H2,1H3/b25-23-. The van der Waals surface area contributed by atoms with E-state index in [1.54, 1.807) is 42.5 Å². The van der Waals surface area contributed by atoms with Crippen LogP contribution in [0.15, 0.2) is 78.4 Å². The molecule has 1 fully saturated rings. The van der Waals surface area contributed by atoms with Crippen LogP contribution in [0.4, 0.5) is 5.69 Å². The van der Waals surface area contributed by atoms with Gasteiger partial charge >= 0.3 is 0 Å². The summed E-state index contributed by atoms with van der Waals surface area (Å²) in [6.45, 7) is 3.17. The molecule has 1 unspecified atom stereocenters. The Morgan fingerprint density at radius 1 is 0.971 bits per heavy atom. The summed E-state index contributed by atoms with van der Waals surface area (Å²) in [6.07, 6.45) is 0. The molecule has 1 atom stereocenters. The van der Waals surface area contributed by atoms with Gasteiger partial charge in [0.05, 0.1) is 18.2 Å². The normalized spacial score (nSPS) is 18.7. The summed E-state index contributed by atoms with van der Waals surface area (Å²) in [5.41, 5.74) is 1.58. The van der Waals surface area contributed by atoms with Gasteiger partial charge in [-0.15, -0.1) is 0 Å². The Labute approximate surface area is 196 Å². The summed E-state index contributed by atoms with van der Waals surface area (Å²) < 4.78 is 16.8. The molecule has 0 radical (unpaired) electrons. The number of Topliss-reactive ketones (excluding diaryl/α,β-unsaturated/α-hetero) is 1. The number of hydrogen-bond donors (Lipinski definition) is 1. The second kappa shape index (κ2) is 8.94. The minimum atomic E-state index is -0.814. The maximum Gasteiger partial charge on any atom is 0.300 e. The van der Waals surface area contributed by atoms with Gasteiger partial charge in [-0.05, 0) is 42.8 Å². The van der Waals surface area contributed by atoms with Crippen molar-refractivity contribution < 1.29 is 28.9 Å². The first-order valence-corrected chi connectivity index (χ1v) is 11.1. The van der Waals surface area contributed by atoms with Crippen molar-refractivity contribution in [2.75, 3.05) is 24.7 Å². The lowest BCUT2D eigenvalue weighted by Gasteiger charge is -2.26. The number of aliphatic hydroxyl groups is 1. The number of amides is 1. The van der Waals surface area contributed by atoms with E-state index in [4.69, 9.17) is 14.2 Å². The molecule has 34 heavy (non-hydrogen) atoms. The second-order valence-corrected chi connectivity index (χ2v) is 7.87. The zero-order valence-corrected chi connectivity index (χ0v) is 18.6. The molecule has 0 aliphatic carbocycles. The van der Waals surface area contributed by atoms with Gasteiger partial charge in [0.25, 0.3) is 11.7 Å². The van der Waals surface area contributed by atoms with E-state index in [2.05, 4.69) is 0 Å². The lowest BCUT2D eigenvalue weighted by molar-refractivity contribution is -0.132. The summed E-state index contributed by atoms with van der Waals surface area (Å²) in [5.74, 6) is -0.126. The zero-order valence-electron chi connectivity index (χ0n) is 18.6. The Morgan fingerprint density at radius 3 is 2.50 bits per heavy atom. The molecule has 2 aliphatic heterocycles. The van der Waals surface area contributed by atoms with E-state index >= 15 is 0 Å². The number of anilines is 1. The van der Waals surface area contributed by atoms with Crippen molar-refractivity contribution in [2.24, 2.45) is 0 Å². The number of fused-ring (bicyclic) bond motifs is 1. The Balaban J connectivity index is 1.66. The summed E-state index contributed by atoms with van der Waals surface area (Å²) in [5, 5.41) is 11.3. The summed E-state index contributed by atoms with van der Waals surface area (Å²) >= 11 is 0. The molecule has 7 heteroatoms.